The first-order chi connectivity index (χ1) is 4.96. The summed E-state index contributed by atoms with van der Waals surface area (Å²) in [6, 6.07) is 0. The summed E-state index contributed by atoms with van der Waals surface area (Å²) >= 11 is 8.72. The van der Waals surface area contributed by atoms with E-state index in [1.165, 1.54) is 0 Å². The lowest BCUT2D eigenvalue weighted by atomic mass is 10.3. The largest absolute Gasteiger partial charge is 0.391 e. The molecular weight excluding hydrogens is 338 g/mol. The van der Waals surface area contributed by atoms with Gasteiger partial charge in [-0.05, 0) is 15.9 Å². The molecule has 0 aliphatic heterocycles. The Morgan fingerprint density at radius 1 is 1.00 bits per heavy atom. The molecule has 0 aromatic rings. The van der Waals surface area contributed by atoms with Gasteiger partial charge >= 0.3 is 11.0 Å². The second kappa shape index (κ2) is 3.57. The van der Waals surface area contributed by atoms with E-state index in [4.69, 9.17) is 11.6 Å². The molecule has 0 amide bonds. The fraction of sp³-hybridized carbons (Fsp3) is 1.00. The van der Waals surface area contributed by atoms with Crippen LogP contribution in [0.2, 0.25) is 0 Å². The molecule has 0 rings (SSSR count). The Balaban J connectivity index is 4.44. The molecule has 0 radical (unpaired) electrons. The lowest BCUT2D eigenvalue weighted by molar-refractivity contribution is -0.143. The Kier molecular flexibility index (Phi) is 3.84. The Hall–Kier alpha value is 0.900. The van der Waals surface area contributed by atoms with Crippen LogP contribution in [0.5, 0.6) is 0 Å². The van der Waals surface area contributed by atoms with Gasteiger partial charge in [0.15, 0.2) is 3.78 Å². The maximum absolute atomic E-state index is 12.3. The molecule has 0 aliphatic rings. The molecule has 0 unspecified atom stereocenters. The molecule has 0 N–H and O–H groups in total. The average Bonchev–Trinajstić information content (AvgIpc) is 1.52. The second-order valence-electron chi connectivity index (χ2n) is 1.99. The SMILES string of the molecule is FC(F)(F)C[C@](Cl)(Br)C(F)(F)Br. The van der Waals surface area contributed by atoms with Crippen LogP contribution in [0.4, 0.5) is 22.0 Å². The molecule has 74 valence electrons. The normalized spacial score (nSPS) is 19.0. The predicted molar refractivity (Wildman–Crippen MR) is 42.1 cm³/mol. The first-order valence-electron chi connectivity index (χ1n) is 2.47. The molecule has 0 spiro atoms. The van der Waals surface area contributed by atoms with Crippen LogP contribution in [-0.2, 0) is 0 Å². The highest BCUT2D eigenvalue weighted by Gasteiger charge is 2.54. The predicted octanol–water partition coefficient (Wildman–Crippen LogP) is 4.26. The van der Waals surface area contributed by atoms with Gasteiger partial charge in [0.25, 0.3) is 0 Å². The van der Waals surface area contributed by atoms with E-state index in [-0.39, 0.29) is 0 Å². The van der Waals surface area contributed by atoms with E-state index in [2.05, 4.69) is 15.9 Å². The standard InChI is InChI=1S/C4H2Br2ClF5/c5-2(7,4(6,11)12)1-3(8,9)10/h1H2/t2-/m1/s1. The minimum atomic E-state index is -4.75. The van der Waals surface area contributed by atoms with E-state index in [0.717, 1.165) is 0 Å². The summed E-state index contributed by atoms with van der Waals surface area (Å²) in [5.41, 5.74) is 0. The Morgan fingerprint density at radius 2 is 1.33 bits per heavy atom. The Bertz CT molecular complexity index is 160. The maximum atomic E-state index is 12.3. The minimum Gasteiger partial charge on any atom is -0.191 e. The fourth-order valence-corrected chi connectivity index (χ4v) is 0.962. The molecule has 0 saturated heterocycles. The minimum absolute atomic E-state index is 1.74. The molecule has 0 aliphatic carbocycles. The summed E-state index contributed by atoms with van der Waals surface area (Å²) in [6.45, 7) is 0. The Morgan fingerprint density at radius 3 is 1.42 bits per heavy atom. The lowest BCUT2D eigenvalue weighted by Crippen LogP contribution is -2.36. The van der Waals surface area contributed by atoms with Crippen molar-refractivity contribution in [2.45, 2.75) is 21.2 Å². The topological polar surface area (TPSA) is 0 Å². The Labute approximate surface area is 86.7 Å². The van der Waals surface area contributed by atoms with Gasteiger partial charge in [-0.25, -0.2) is 0 Å². The third-order valence-electron chi connectivity index (χ3n) is 0.837. The van der Waals surface area contributed by atoms with Gasteiger partial charge in [-0.2, -0.15) is 22.0 Å². The molecular formula is C4H2Br2ClF5. The lowest BCUT2D eigenvalue weighted by Gasteiger charge is -2.25. The number of halogens is 8. The highest BCUT2D eigenvalue weighted by molar-refractivity contribution is 9.13. The van der Waals surface area contributed by atoms with Crippen molar-refractivity contribution in [3.05, 3.63) is 0 Å². The van der Waals surface area contributed by atoms with Crippen molar-refractivity contribution < 1.29 is 22.0 Å². The van der Waals surface area contributed by atoms with Gasteiger partial charge in [0, 0.05) is 0 Å². The van der Waals surface area contributed by atoms with Gasteiger partial charge in [0.2, 0.25) is 0 Å². The average molecular weight is 340 g/mol. The molecule has 0 bridgehead atoms. The quantitative estimate of drug-likeness (QED) is 0.521. The van der Waals surface area contributed by atoms with Crippen molar-refractivity contribution in [3.8, 4) is 0 Å². The van der Waals surface area contributed by atoms with Gasteiger partial charge in [0.1, 0.15) is 0 Å². The van der Waals surface area contributed by atoms with E-state index in [9.17, 15) is 22.0 Å². The van der Waals surface area contributed by atoms with E-state index < -0.39 is 21.2 Å². The zero-order valence-electron chi connectivity index (χ0n) is 5.23. The summed E-state index contributed by atoms with van der Waals surface area (Å²) in [5, 5.41) is 0. The van der Waals surface area contributed by atoms with Gasteiger partial charge in [-0.3, -0.25) is 0 Å². The van der Waals surface area contributed by atoms with E-state index in [0.29, 0.717) is 0 Å². The van der Waals surface area contributed by atoms with Crippen LogP contribution in [-0.4, -0.2) is 14.8 Å². The first-order valence-corrected chi connectivity index (χ1v) is 4.43. The van der Waals surface area contributed by atoms with Crippen LogP contribution in [0.15, 0.2) is 0 Å². The van der Waals surface area contributed by atoms with Crippen molar-refractivity contribution >= 4 is 43.5 Å². The first kappa shape index (κ1) is 12.9. The van der Waals surface area contributed by atoms with Crippen molar-refractivity contribution in [3.63, 3.8) is 0 Å². The highest BCUT2D eigenvalue weighted by Crippen LogP contribution is 2.50. The van der Waals surface area contributed by atoms with Crippen molar-refractivity contribution in [1.29, 1.82) is 0 Å². The molecule has 1 atom stereocenters. The number of alkyl halides is 8. The number of hydrogen-bond donors (Lipinski definition) is 0. The summed E-state index contributed by atoms with van der Waals surface area (Å²) in [6.07, 6.45) is -6.58. The molecule has 8 heteroatoms. The molecule has 0 fully saturated rings. The van der Waals surface area contributed by atoms with Crippen molar-refractivity contribution in [1.82, 2.24) is 0 Å². The maximum Gasteiger partial charge on any atom is 0.391 e. The number of hydrogen-bond acceptors (Lipinski definition) is 0. The molecule has 0 heterocycles. The monoisotopic (exact) mass is 338 g/mol. The number of rotatable bonds is 2. The smallest absolute Gasteiger partial charge is 0.191 e. The van der Waals surface area contributed by atoms with E-state index in [1.807, 2.05) is 0 Å². The molecule has 0 aromatic heterocycles. The summed E-state index contributed by atoms with van der Waals surface area (Å²) in [4.78, 5) is -3.82. The van der Waals surface area contributed by atoms with E-state index in [1.54, 1.807) is 15.9 Å². The van der Waals surface area contributed by atoms with Crippen LogP contribution < -0.4 is 0 Å². The fourth-order valence-electron chi connectivity index (χ4n) is 0.352. The summed E-state index contributed by atoms with van der Waals surface area (Å²) < 4.78 is 56.5. The second-order valence-corrected chi connectivity index (χ2v) is 5.45. The van der Waals surface area contributed by atoms with Crippen LogP contribution >= 0.6 is 43.5 Å². The zero-order valence-corrected chi connectivity index (χ0v) is 9.16. The molecule has 0 aromatic carbocycles. The zero-order chi connectivity index (χ0) is 10.2. The third kappa shape index (κ3) is 4.23. The van der Waals surface area contributed by atoms with E-state index >= 15 is 0 Å². The van der Waals surface area contributed by atoms with Gasteiger partial charge < -0.3 is 0 Å². The summed E-state index contributed by atoms with van der Waals surface area (Å²) in [5.74, 6) is 0. The van der Waals surface area contributed by atoms with Crippen LogP contribution in [0, 0.1) is 0 Å². The van der Waals surface area contributed by atoms with Crippen LogP contribution in [0.25, 0.3) is 0 Å². The highest BCUT2D eigenvalue weighted by atomic mass is 79.9. The van der Waals surface area contributed by atoms with Crippen LogP contribution in [0.3, 0.4) is 0 Å². The van der Waals surface area contributed by atoms with Crippen LogP contribution in [0.1, 0.15) is 6.42 Å². The van der Waals surface area contributed by atoms with Gasteiger partial charge in [0.05, 0.1) is 6.42 Å². The van der Waals surface area contributed by atoms with Crippen molar-refractivity contribution in [2.24, 2.45) is 0 Å². The molecule has 0 saturated carbocycles. The molecule has 12 heavy (non-hydrogen) atoms. The molecule has 0 nitrogen and oxygen atoms in total. The summed E-state index contributed by atoms with van der Waals surface area (Å²) in [7, 11) is 0. The van der Waals surface area contributed by atoms with Gasteiger partial charge in [-0.1, -0.05) is 27.5 Å². The third-order valence-corrected chi connectivity index (χ3v) is 3.42. The van der Waals surface area contributed by atoms with Crippen molar-refractivity contribution in [2.75, 3.05) is 0 Å². The van der Waals surface area contributed by atoms with Gasteiger partial charge in [-0.15, -0.1) is 0 Å².